The van der Waals surface area contributed by atoms with Crippen molar-refractivity contribution in [2.45, 2.75) is 46.1 Å². The van der Waals surface area contributed by atoms with Crippen molar-refractivity contribution < 1.29 is 9.53 Å². The van der Waals surface area contributed by atoms with E-state index in [0.717, 1.165) is 30.8 Å². The Balaban J connectivity index is 2.91. The molecule has 0 saturated carbocycles. The normalized spacial score (nSPS) is 14.1. The fourth-order valence-electron chi connectivity index (χ4n) is 2.68. The van der Waals surface area contributed by atoms with Gasteiger partial charge in [-0.1, -0.05) is 32.9 Å². The van der Waals surface area contributed by atoms with E-state index in [-0.39, 0.29) is 11.3 Å². The summed E-state index contributed by atoms with van der Waals surface area (Å²) in [5.74, 6) is 1.08. The molecule has 0 amide bonds. The van der Waals surface area contributed by atoms with Gasteiger partial charge in [0, 0.05) is 6.42 Å². The number of methoxy groups -OCH3 is 1. The number of ketones is 1. The summed E-state index contributed by atoms with van der Waals surface area (Å²) in [6.07, 6.45) is 1.29. The number of likely N-dealkylation sites (N-methyl/N-ethyl adjacent to an activating group) is 1. The predicted octanol–water partition coefficient (Wildman–Crippen LogP) is 3.32. The van der Waals surface area contributed by atoms with Gasteiger partial charge in [0.1, 0.15) is 5.75 Å². The molecule has 0 aliphatic rings. The van der Waals surface area contributed by atoms with Gasteiger partial charge in [-0.25, -0.2) is 0 Å². The molecule has 0 spiro atoms. The third-order valence-corrected chi connectivity index (χ3v) is 4.25. The number of ether oxygens (including phenoxy) is 1. The molecule has 3 heteroatoms. The Kier molecular flexibility index (Phi) is 6.21. The van der Waals surface area contributed by atoms with Gasteiger partial charge < -0.3 is 4.74 Å². The number of nitrogens with zero attached hydrogens (tertiary/aromatic N) is 1. The largest absolute Gasteiger partial charge is 0.497 e. The molecule has 1 aromatic carbocycles. The topological polar surface area (TPSA) is 29.5 Å². The van der Waals surface area contributed by atoms with E-state index in [1.807, 2.05) is 24.3 Å². The second-order valence-corrected chi connectivity index (χ2v) is 5.25. The standard InChI is InChI=1S/C17H27NO2/c1-6-17(4,18(7-2)8-3)16(19)13-14-10-9-11-15(12-14)20-5/h9-12H,6-8,13H2,1-5H3. The number of Topliss-reactive ketones (excluding diaryl/α,β-unsaturated/α-hetero) is 1. The summed E-state index contributed by atoms with van der Waals surface area (Å²) in [7, 11) is 1.65. The maximum atomic E-state index is 12.7. The molecule has 3 nitrogen and oxygen atoms in total. The Labute approximate surface area is 122 Å². The van der Waals surface area contributed by atoms with Crippen LogP contribution in [0.4, 0.5) is 0 Å². The van der Waals surface area contributed by atoms with Crippen molar-refractivity contribution in [3.63, 3.8) is 0 Å². The van der Waals surface area contributed by atoms with Crippen molar-refractivity contribution in [2.75, 3.05) is 20.2 Å². The van der Waals surface area contributed by atoms with Crippen LogP contribution in [0.5, 0.6) is 5.75 Å². The van der Waals surface area contributed by atoms with Gasteiger partial charge in [-0.3, -0.25) is 9.69 Å². The molecule has 0 N–H and O–H groups in total. The van der Waals surface area contributed by atoms with E-state index < -0.39 is 0 Å². The van der Waals surface area contributed by atoms with Crippen LogP contribution < -0.4 is 4.74 Å². The number of hydrogen-bond acceptors (Lipinski definition) is 3. The highest BCUT2D eigenvalue weighted by molar-refractivity contribution is 5.89. The highest BCUT2D eigenvalue weighted by atomic mass is 16.5. The first-order valence-electron chi connectivity index (χ1n) is 7.43. The average Bonchev–Trinajstić information content (AvgIpc) is 2.48. The zero-order valence-corrected chi connectivity index (χ0v) is 13.4. The summed E-state index contributed by atoms with van der Waals surface area (Å²) >= 11 is 0. The van der Waals surface area contributed by atoms with E-state index in [2.05, 4.69) is 32.6 Å². The summed E-state index contributed by atoms with van der Waals surface area (Å²) in [4.78, 5) is 15.0. The van der Waals surface area contributed by atoms with E-state index >= 15 is 0 Å². The van der Waals surface area contributed by atoms with Crippen molar-refractivity contribution >= 4 is 5.78 Å². The van der Waals surface area contributed by atoms with Crippen LogP contribution in [-0.2, 0) is 11.2 Å². The third kappa shape index (κ3) is 3.60. The molecule has 0 radical (unpaired) electrons. The van der Waals surface area contributed by atoms with Gasteiger partial charge >= 0.3 is 0 Å². The van der Waals surface area contributed by atoms with Crippen molar-refractivity contribution in [1.29, 1.82) is 0 Å². The van der Waals surface area contributed by atoms with Crippen molar-refractivity contribution in [3.05, 3.63) is 29.8 Å². The summed E-state index contributed by atoms with van der Waals surface area (Å²) in [5, 5.41) is 0. The molecular weight excluding hydrogens is 250 g/mol. The van der Waals surface area contributed by atoms with E-state index in [0.29, 0.717) is 6.42 Å². The van der Waals surface area contributed by atoms with Crippen molar-refractivity contribution in [1.82, 2.24) is 4.90 Å². The quantitative estimate of drug-likeness (QED) is 0.730. The van der Waals surface area contributed by atoms with Crippen LogP contribution in [0.3, 0.4) is 0 Å². The van der Waals surface area contributed by atoms with Crippen LogP contribution >= 0.6 is 0 Å². The molecule has 0 aromatic heterocycles. The molecule has 0 heterocycles. The Morgan fingerprint density at radius 2 is 1.90 bits per heavy atom. The maximum absolute atomic E-state index is 12.7. The number of carbonyl (C=O) groups is 1. The summed E-state index contributed by atoms with van der Waals surface area (Å²) in [6, 6.07) is 7.76. The fraction of sp³-hybridized carbons (Fsp3) is 0.588. The van der Waals surface area contributed by atoms with Gasteiger partial charge in [-0.15, -0.1) is 0 Å². The number of benzene rings is 1. The van der Waals surface area contributed by atoms with Crippen LogP contribution in [0.25, 0.3) is 0 Å². The average molecular weight is 277 g/mol. The molecule has 112 valence electrons. The minimum atomic E-state index is -0.382. The summed E-state index contributed by atoms with van der Waals surface area (Å²) in [5.41, 5.74) is 0.633. The highest BCUT2D eigenvalue weighted by Crippen LogP contribution is 2.23. The van der Waals surface area contributed by atoms with Gasteiger partial charge in [0.15, 0.2) is 5.78 Å². The SMILES string of the molecule is CCN(CC)C(C)(CC)C(=O)Cc1cccc(OC)c1. The predicted molar refractivity (Wildman–Crippen MR) is 83.3 cm³/mol. The van der Waals surface area contributed by atoms with E-state index in [1.165, 1.54) is 0 Å². The van der Waals surface area contributed by atoms with Crippen molar-refractivity contribution in [2.24, 2.45) is 0 Å². The lowest BCUT2D eigenvalue weighted by atomic mass is 9.87. The Morgan fingerprint density at radius 1 is 1.25 bits per heavy atom. The second-order valence-electron chi connectivity index (χ2n) is 5.25. The minimum absolute atomic E-state index is 0.275. The molecule has 0 aliphatic carbocycles. The molecule has 0 aliphatic heterocycles. The van der Waals surface area contributed by atoms with Gasteiger partial charge in [0.25, 0.3) is 0 Å². The first kappa shape index (κ1) is 16.7. The lowest BCUT2D eigenvalue weighted by Gasteiger charge is -2.38. The Hall–Kier alpha value is -1.35. The summed E-state index contributed by atoms with van der Waals surface area (Å²) < 4.78 is 5.22. The first-order chi connectivity index (χ1) is 9.51. The van der Waals surface area contributed by atoms with Crippen LogP contribution in [-0.4, -0.2) is 36.4 Å². The van der Waals surface area contributed by atoms with E-state index in [9.17, 15) is 4.79 Å². The zero-order valence-electron chi connectivity index (χ0n) is 13.4. The second kappa shape index (κ2) is 7.44. The minimum Gasteiger partial charge on any atom is -0.497 e. The molecule has 1 aromatic rings. The lowest BCUT2D eigenvalue weighted by Crippen LogP contribution is -2.52. The first-order valence-corrected chi connectivity index (χ1v) is 7.43. The van der Waals surface area contributed by atoms with Gasteiger partial charge in [0.2, 0.25) is 0 Å². The Morgan fingerprint density at radius 3 is 2.40 bits per heavy atom. The number of hydrogen-bond donors (Lipinski definition) is 0. The van der Waals surface area contributed by atoms with Crippen LogP contribution in [0.15, 0.2) is 24.3 Å². The molecule has 0 fully saturated rings. The highest BCUT2D eigenvalue weighted by Gasteiger charge is 2.35. The zero-order chi connectivity index (χ0) is 15.2. The smallest absolute Gasteiger partial charge is 0.157 e. The molecule has 0 bridgehead atoms. The monoisotopic (exact) mass is 277 g/mol. The van der Waals surface area contributed by atoms with Gasteiger partial charge in [-0.05, 0) is 44.1 Å². The Bertz CT molecular complexity index is 440. The van der Waals surface area contributed by atoms with E-state index in [4.69, 9.17) is 4.74 Å². The number of carbonyl (C=O) groups excluding carboxylic acids is 1. The van der Waals surface area contributed by atoms with E-state index in [1.54, 1.807) is 7.11 Å². The molecule has 0 saturated heterocycles. The molecular formula is C17H27NO2. The molecule has 1 rings (SSSR count). The van der Waals surface area contributed by atoms with Crippen LogP contribution in [0.1, 0.15) is 39.7 Å². The molecule has 1 atom stereocenters. The van der Waals surface area contributed by atoms with Crippen LogP contribution in [0.2, 0.25) is 0 Å². The van der Waals surface area contributed by atoms with Gasteiger partial charge in [0.05, 0.1) is 12.6 Å². The van der Waals surface area contributed by atoms with Crippen molar-refractivity contribution in [3.8, 4) is 5.75 Å². The fourth-order valence-corrected chi connectivity index (χ4v) is 2.68. The lowest BCUT2D eigenvalue weighted by molar-refractivity contribution is -0.129. The summed E-state index contributed by atoms with van der Waals surface area (Å²) in [6.45, 7) is 10.1. The maximum Gasteiger partial charge on any atom is 0.157 e. The molecule has 1 unspecified atom stereocenters. The number of rotatable bonds is 8. The van der Waals surface area contributed by atoms with Crippen LogP contribution in [0, 0.1) is 0 Å². The molecule has 20 heavy (non-hydrogen) atoms. The third-order valence-electron chi connectivity index (χ3n) is 4.25. The van der Waals surface area contributed by atoms with Gasteiger partial charge in [-0.2, -0.15) is 0 Å².